The largest absolute Gasteiger partial charge is 0.491 e. The van der Waals surface area contributed by atoms with E-state index in [1.165, 1.54) is 12.0 Å². The topological polar surface area (TPSA) is 62.2 Å². The third-order valence-corrected chi connectivity index (χ3v) is 5.88. The molecule has 0 radical (unpaired) electrons. The number of rotatable bonds is 8. The quantitative estimate of drug-likeness (QED) is 0.657. The second-order valence-electron chi connectivity index (χ2n) is 6.76. The van der Waals surface area contributed by atoms with Gasteiger partial charge in [0.15, 0.2) is 0 Å². The zero-order valence-corrected chi connectivity index (χ0v) is 17.4. The molecule has 0 bridgehead atoms. The number of hydrogen-bond donors (Lipinski definition) is 1. The molecule has 6 nitrogen and oxygen atoms in total. The summed E-state index contributed by atoms with van der Waals surface area (Å²) >= 11 is 7.62. The number of halogens is 1. The van der Waals surface area contributed by atoms with E-state index in [0.717, 1.165) is 37.1 Å². The van der Waals surface area contributed by atoms with E-state index < -0.39 is 6.10 Å². The lowest BCUT2D eigenvalue weighted by Crippen LogP contribution is -2.48. The number of ether oxygens (including phenoxy) is 2. The number of carbonyl (C=O) groups excluding carboxylic acids is 1. The number of piperazine rings is 1. The maximum Gasteiger partial charge on any atom is 0.337 e. The Morgan fingerprint density at radius 3 is 2.43 bits per heavy atom. The van der Waals surface area contributed by atoms with Crippen LogP contribution in [0.3, 0.4) is 0 Å². The van der Waals surface area contributed by atoms with E-state index in [-0.39, 0.29) is 12.6 Å². The molecule has 1 N–H and O–H groups in total. The van der Waals surface area contributed by atoms with Crippen molar-refractivity contribution in [3.63, 3.8) is 0 Å². The minimum absolute atomic E-state index is 0.214. The number of thiophene rings is 1. The molecule has 1 fully saturated rings. The number of hydrogen-bond acceptors (Lipinski definition) is 7. The summed E-state index contributed by atoms with van der Waals surface area (Å²) in [5.74, 6) is 0.235. The fraction of sp³-hybridized carbons (Fsp3) is 0.450. The maximum atomic E-state index is 11.4. The molecular weight excluding hydrogens is 400 g/mol. The third-order valence-electron chi connectivity index (χ3n) is 4.66. The zero-order valence-electron chi connectivity index (χ0n) is 15.8. The van der Waals surface area contributed by atoms with Crippen LogP contribution < -0.4 is 4.74 Å². The average molecular weight is 425 g/mol. The van der Waals surface area contributed by atoms with Crippen LogP contribution in [-0.2, 0) is 11.3 Å². The van der Waals surface area contributed by atoms with Gasteiger partial charge in [-0.2, -0.15) is 0 Å². The van der Waals surface area contributed by atoms with Gasteiger partial charge in [-0.25, -0.2) is 4.79 Å². The molecule has 1 aromatic carbocycles. The number of carbonyl (C=O) groups is 1. The monoisotopic (exact) mass is 424 g/mol. The van der Waals surface area contributed by atoms with E-state index in [9.17, 15) is 9.90 Å². The van der Waals surface area contributed by atoms with Gasteiger partial charge in [0, 0.05) is 44.1 Å². The van der Waals surface area contributed by atoms with Gasteiger partial charge in [0.2, 0.25) is 0 Å². The highest BCUT2D eigenvalue weighted by Crippen LogP contribution is 2.23. The Bertz CT molecular complexity index is 760. The summed E-state index contributed by atoms with van der Waals surface area (Å²) in [6, 6.07) is 10.7. The Kier molecular flexibility index (Phi) is 7.70. The molecule has 1 unspecified atom stereocenters. The number of β-amino-alcohol motifs (C(OH)–C–C–N with tert-alkyl or cyclic N) is 1. The molecule has 0 saturated carbocycles. The minimum Gasteiger partial charge on any atom is -0.491 e. The first-order valence-corrected chi connectivity index (χ1v) is 10.4. The van der Waals surface area contributed by atoms with Crippen molar-refractivity contribution < 1.29 is 19.4 Å². The van der Waals surface area contributed by atoms with Crippen molar-refractivity contribution in [3.8, 4) is 5.75 Å². The smallest absolute Gasteiger partial charge is 0.337 e. The molecule has 0 aliphatic carbocycles. The Hall–Kier alpha value is -1.64. The summed E-state index contributed by atoms with van der Waals surface area (Å²) in [6.45, 7) is 5.51. The first-order chi connectivity index (χ1) is 13.5. The van der Waals surface area contributed by atoms with Gasteiger partial charge in [-0.3, -0.25) is 9.80 Å². The molecule has 1 aromatic heterocycles. The highest BCUT2D eigenvalue weighted by atomic mass is 35.5. The number of methoxy groups -OCH3 is 1. The molecule has 1 atom stereocenters. The molecule has 2 heterocycles. The van der Waals surface area contributed by atoms with Crippen molar-refractivity contribution in [3.05, 3.63) is 51.2 Å². The zero-order chi connectivity index (χ0) is 19.9. The van der Waals surface area contributed by atoms with Crippen molar-refractivity contribution >= 4 is 28.9 Å². The van der Waals surface area contributed by atoms with Gasteiger partial charge >= 0.3 is 5.97 Å². The SMILES string of the molecule is COC(=O)c1ccc(OCC(O)CN2CCN(Cc3ccc(Cl)s3)CC2)cc1. The van der Waals surface area contributed by atoms with E-state index in [1.807, 2.05) is 6.07 Å². The summed E-state index contributed by atoms with van der Waals surface area (Å²) in [6.07, 6.45) is -0.567. The Morgan fingerprint density at radius 2 is 1.82 bits per heavy atom. The van der Waals surface area contributed by atoms with Gasteiger partial charge in [-0.05, 0) is 36.4 Å². The third kappa shape index (κ3) is 6.18. The molecule has 1 aliphatic heterocycles. The van der Waals surface area contributed by atoms with Crippen molar-refractivity contribution in [2.45, 2.75) is 12.6 Å². The first kappa shape index (κ1) is 21.1. The number of aliphatic hydroxyl groups is 1. The summed E-state index contributed by atoms with van der Waals surface area (Å²) in [5.41, 5.74) is 0.470. The van der Waals surface area contributed by atoms with Gasteiger partial charge in [0.1, 0.15) is 18.5 Å². The van der Waals surface area contributed by atoms with Crippen LogP contribution in [0, 0.1) is 0 Å². The fourth-order valence-corrected chi connectivity index (χ4v) is 4.27. The normalized spacial score (nSPS) is 16.7. The lowest BCUT2D eigenvalue weighted by Gasteiger charge is -2.35. The average Bonchev–Trinajstić information content (AvgIpc) is 3.12. The van der Waals surface area contributed by atoms with Gasteiger partial charge in [0.05, 0.1) is 17.0 Å². The van der Waals surface area contributed by atoms with E-state index >= 15 is 0 Å². The molecule has 28 heavy (non-hydrogen) atoms. The van der Waals surface area contributed by atoms with Gasteiger partial charge in [-0.1, -0.05) is 11.6 Å². The number of benzene rings is 1. The first-order valence-electron chi connectivity index (χ1n) is 9.21. The molecule has 3 rings (SSSR count). The van der Waals surface area contributed by atoms with Crippen LogP contribution in [0.25, 0.3) is 0 Å². The van der Waals surface area contributed by atoms with Crippen LogP contribution in [0.2, 0.25) is 4.34 Å². The summed E-state index contributed by atoms with van der Waals surface area (Å²) < 4.78 is 11.1. The van der Waals surface area contributed by atoms with E-state index in [0.29, 0.717) is 17.9 Å². The summed E-state index contributed by atoms with van der Waals surface area (Å²) in [4.78, 5) is 17.4. The number of nitrogens with zero attached hydrogens (tertiary/aromatic N) is 2. The van der Waals surface area contributed by atoms with E-state index in [4.69, 9.17) is 16.3 Å². The van der Waals surface area contributed by atoms with Crippen LogP contribution in [0.1, 0.15) is 15.2 Å². The predicted octanol–water partition coefficient (Wildman–Crippen LogP) is 2.75. The van der Waals surface area contributed by atoms with Crippen LogP contribution in [-0.4, -0.2) is 73.4 Å². The van der Waals surface area contributed by atoms with Crippen LogP contribution in [0.5, 0.6) is 5.75 Å². The van der Waals surface area contributed by atoms with Crippen molar-refractivity contribution in [1.29, 1.82) is 0 Å². The molecule has 0 spiro atoms. The fourth-order valence-electron chi connectivity index (χ4n) is 3.14. The molecule has 0 amide bonds. The second kappa shape index (κ2) is 10.2. The van der Waals surface area contributed by atoms with Crippen LogP contribution in [0.15, 0.2) is 36.4 Å². The molecule has 2 aromatic rings. The summed E-state index contributed by atoms with van der Waals surface area (Å²) in [7, 11) is 1.35. The van der Waals surface area contributed by atoms with Crippen molar-refractivity contribution in [1.82, 2.24) is 9.80 Å². The molecular formula is C20H25ClN2O4S. The highest BCUT2D eigenvalue weighted by molar-refractivity contribution is 7.16. The lowest BCUT2D eigenvalue weighted by molar-refractivity contribution is 0.0447. The molecule has 1 aliphatic rings. The Balaban J connectivity index is 1.36. The van der Waals surface area contributed by atoms with Gasteiger partial charge in [0.25, 0.3) is 0 Å². The maximum absolute atomic E-state index is 11.4. The number of aliphatic hydroxyl groups excluding tert-OH is 1. The van der Waals surface area contributed by atoms with Gasteiger partial charge < -0.3 is 14.6 Å². The van der Waals surface area contributed by atoms with E-state index in [2.05, 4.69) is 20.6 Å². The molecule has 152 valence electrons. The molecule has 8 heteroatoms. The minimum atomic E-state index is -0.567. The highest BCUT2D eigenvalue weighted by Gasteiger charge is 2.20. The number of esters is 1. The van der Waals surface area contributed by atoms with E-state index in [1.54, 1.807) is 35.6 Å². The van der Waals surface area contributed by atoms with Crippen LogP contribution in [0.4, 0.5) is 0 Å². The Labute approximate surface area is 174 Å². The Morgan fingerprint density at radius 1 is 1.14 bits per heavy atom. The van der Waals surface area contributed by atoms with Gasteiger partial charge in [-0.15, -0.1) is 11.3 Å². The summed E-state index contributed by atoms with van der Waals surface area (Å²) in [5, 5.41) is 10.3. The standard InChI is InChI=1S/C20H25ClN2O4S/c1-26-20(25)15-2-4-17(5-3-15)27-14-16(24)12-22-8-10-23(11-9-22)13-18-6-7-19(21)28-18/h2-7,16,24H,8-14H2,1H3. The van der Waals surface area contributed by atoms with Crippen LogP contribution >= 0.6 is 22.9 Å². The van der Waals surface area contributed by atoms with Crippen molar-refractivity contribution in [2.75, 3.05) is 46.4 Å². The van der Waals surface area contributed by atoms with Crippen molar-refractivity contribution in [2.24, 2.45) is 0 Å². The predicted molar refractivity (Wildman–Crippen MR) is 110 cm³/mol. The molecule has 1 saturated heterocycles. The lowest BCUT2D eigenvalue weighted by atomic mass is 10.2. The second-order valence-corrected chi connectivity index (χ2v) is 8.56.